The summed E-state index contributed by atoms with van der Waals surface area (Å²) in [4.78, 5) is 12.2. The van der Waals surface area contributed by atoms with Gasteiger partial charge in [-0.15, -0.1) is 6.42 Å². The molecule has 0 bridgehead atoms. The first-order valence-corrected chi connectivity index (χ1v) is 4.91. The third-order valence-electron chi connectivity index (χ3n) is 2.05. The predicted octanol–water partition coefficient (Wildman–Crippen LogP) is 2.23. The highest BCUT2D eigenvalue weighted by Crippen LogP contribution is 2.31. The Labute approximate surface area is 81.5 Å². The minimum atomic E-state index is 0.251. The maximum absolute atomic E-state index is 11.1. The Hall–Kier alpha value is -1.20. The Bertz CT molecular complexity index is 401. The zero-order valence-electron chi connectivity index (χ0n) is 7.04. The molecule has 1 aliphatic heterocycles. The summed E-state index contributed by atoms with van der Waals surface area (Å²) in [6.45, 7) is 0. The molecule has 1 aromatic rings. The molecule has 0 spiro atoms. The Balaban J connectivity index is 2.43. The van der Waals surface area contributed by atoms with Crippen LogP contribution in [0.15, 0.2) is 23.1 Å². The number of aryl methyl sites for hydroxylation is 1. The number of benzene rings is 1. The zero-order valence-corrected chi connectivity index (χ0v) is 7.86. The van der Waals surface area contributed by atoms with Gasteiger partial charge in [-0.2, -0.15) is 0 Å². The van der Waals surface area contributed by atoms with Crippen molar-refractivity contribution in [2.24, 2.45) is 0 Å². The van der Waals surface area contributed by atoms with E-state index in [0.29, 0.717) is 6.42 Å². The number of carbonyl (C=O) groups is 1. The van der Waals surface area contributed by atoms with Crippen molar-refractivity contribution < 1.29 is 4.79 Å². The summed E-state index contributed by atoms with van der Waals surface area (Å²) in [7, 11) is 0. The Morgan fingerprint density at radius 3 is 3.00 bits per heavy atom. The minimum Gasteiger partial charge on any atom is -0.287 e. The van der Waals surface area contributed by atoms with E-state index in [1.54, 1.807) is 0 Å². The first-order chi connectivity index (χ1) is 6.29. The van der Waals surface area contributed by atoms with Gasteiger partial charge < -0.3 is 0 Å². The first-order valence-electron chi connectivity index (χ1n) is 4.10. The summed E-state index contributed by atoms with van der Waals surface area (Å²) in [5, 5.41) is 0.251. The Morgan fingerprint density at radius 2 is 2.23 bits per heavy atom. The van der Waals surface area contributed by atoms with Gasteiger partial charge in [-0.1, -0.05) is 17.7 Å². The number of fused-ring (bicyclic) bond motifs is 1. The fraction of sp³-hybridized carbons (Fsp3) is 0.182. The number of terminal acetylenes is 1. The van der Waals surface area contributed by atoms with Crippen LogP contribution in [0.3, 0.4) is 0 Å². The Kier molecular flexibility index (Phi) is 2.12. The molecule has 0 saturated heterocycles. The van der Waals surface area contributed by atoms with Gasteiger partial charge in [-0.05, 0) is 30.2 Å². The van der Waals surface area contributed by atoms with Gasteiger partial charge in [0.25, 0.3) is 0 Å². The summed E-state index contributed by atoms with van der Waals surface area (Å²) in [5.74, 6) is 2.59. The van der Waals surface area contributed by atoms with E-state index in [1.807, 2.05) is 18.2 Å². The van der Waals surface area contributed by atoms with Gasteiger partial charge in [0.15, 0.2) is 5.12 Å². The van der Waals surface area contributed by atoms with Crippen LogP contribution in [-0.4, -0.2) is 5.12 Å². The summed E-state index contributed by atoms with van der Waals surface area (Å²) >= 11 is 1.32. The van der Waals surface area contributed by atoms with Crippen molar-refractivity contribution in [2.75, 3.05) is 0 Å². The monoisotopic (exact) mass is 188 g/mol. The molecule has 1 aromatic carbocycles. The lowest BCUT2D eigenvalue weighted by Gasteiger charge is -2.13. The molecule has 2 rings (SSSR count). The van der Waals surface area contributed by atoms with Gasteiger partial charge in [0, 0.05) is 16.9 Å². The second-order valence-electron chi connectivity index (χ2n) is 2.94. The highest BCUT2D eigenvalue weighted by molar-refractivity contribution is 8.13. The van der Waals surface area contributed by atoms with Crippen LogP contribution in [0, 0.1) is 12.3 Å². The van der Waals surface area contributed by atoms with Crippen LogP contribution in [-0.2, 0) is 11.2 Å². The van der Waals surface area contributed by atoms with E-state index in [1.165, 1.54) is 17.3 Å². The smallest absolute Gasteiger partial charge is 0.194 e. The fourth-order valence-electron chi connectivity index (χ4n) is 1.37. The molecule has 1 aliphatic rings. The minimum absolute atomic E-state index is 0.251. The summed E-state index contributed by atoms with van der Waals surface area (Å²) in [6, 6.07) is 5.81. The fourth-order valence-corrected chi connectivity index (χ4v) is 2.25. The quantitative estimate of drug-likeness (QED) is 0.581. The second-order valence-corrected chi connectivity index (χ2v) is 4.04. The Morgan fingerprint density at radius 1 is 1.38 bits per heavy atom. The molecule has 0 aromatic heterocycles. The molecular weight excluding hydrogens is 180 g/mol. The molecule has 1 heterocycles. The van der Waals surface area contributed by atoms with Gasteiger partial charge in [0.2, 0.25) is 0 Å². The van der Waals surface area contributed by atoms with Crippen molar-refractivity contribution in [1.29, 1.82) is 0 Å². The van der Waals surface area contributed by atoms with E-state index >= 15 is 0 Å². The van der Waals surface area contributed by atoms with E-state index in [2.05, 4.69) is 5.92 Å². The van der Waals surface area contributed by atoms with Crippen LogP contribution in [0.1, 0.15) is 17.5 Å². The summed E-state index contributed by atoms with van der Waals surface area (Å²) < 4.78 is 0. The molecule has 0 fully saturated rings. The number of carbonyl (C=O) groups excluding carboxylic acids is 1. The topological polar surface area (TPSA) is 17.1 Å². The van der Waals surface area contributed by atoms with E-state index < -0.39 is 0 Å². The number of hydrogen-bond acceptors (Lipinski definition) is 2. The van der Waals surface area contributed by atoms with Crippen LogP contribution >= 0.6 is 11.8 Å². The zero-order chi connectivity index (χ0) is 9.26. The van der Waals surface area contributed by atoms with Crippen LogP contribution < -0.4 is 0 Å². The lowest BCUT2D eigenvalue weighted by atomic mass is 10.1. The lowest BCUT2D eigenvalue weighted by Crippen LogP contribution is -2.03. The molecule has 0 aliphatic carbocycles. The lowest BCUT2D eigenvalue weighted by molar-refractivity contribution is -0.111. The molecule has 0 saturated carbocycles. The summed E-state index contributed by atoms with van der Waals surface area (Å²) in [6.07, 6.45) is 6.75. The molecule has 0 unspecified atom stereocenters. The summed E-state index contributed by atoms with van der Waals surface area (Å²) in [5.41, 5.74) is 2.11. The van der Waals surface area contributed by atoms with Gasteiger partial charge in [-0.25, -0.2) is 0 Å². The standard InChI is InChI=1S/C11H8OS/c1-2-8-3-5-10-9(7-8)4-6-11(12)13-10/h1,3,5,7H,4,6H2. The van der Waals surface area contributed by atoms with Crippen LogP contribution in [0.2, 0.25) is 0 Å². The highest BCUT2D eigenvalue weighted by Gasteiger charge is 2.15. The van der Waals surface area contributed by atoms with Crippen molar-refractivity contribution in [3.05, 3.63) is 29.3 Å². The van der Waals surface area contributed by atoms with Crippen molar-refractivity contribution in [3.63, 3.8) is 0 Å². The van der Waals surface area contributed by atoms with Gasteiger partial charge in [-0.3, -0.25) is 4.79 Å². The number of thioether (sulfide) groups is 1. The molecule has 0 radical (unpaired) electrons. The van der Waals surface area contributed by atoms with Crippen LogP contribution in [0.4, 0.5) is 0 Å². The van der Waals surface area contributed by atoms with E-state index in [0.717, 1.165) is 16.9 Å². The van der Waals surface area contributed by atoms with Crippen molar-refractivity contribution >= 4 is 16.9 Å². The number of hydrogen-bond donors (Lipinski definition) is 0. The average molecular weight is 188 g/mol. The third kappa shape index (κ3) is 1.61. The molecular formula is C11H8OS. The molecule has 64 valence electrons. The maximum Gasteiger partial charge on any atom is 0.194 e. The van der Waals surface area contributed by atoms with Gasteiger partial charge in [0.05, 0.1) is 0 Å². The number of rotatable bonds is 0. The van der Waals surface area contributed by atoms with Crippen molar-refractivity contribution in [1.82, 2.24) is 0 Å². The maximum atomic E-state index is 11.1. The van der Waals surface area contributed by atoms with Crippen molar-refractivity contribution in [2.45, 2.75) is 17.7 Å². The van der Waals surface area contributed by atoms with Gasteiger partial charge in [0.1, 0.15) is 0 Å². The SMILES string of the molecule is C#Cc1ccc2c(c1)CCC(=O)S2. The van der Waals surface area contributed by atoms with Crippen molar-refractivity contribution in [3.8, 4) is 12.3 Å². The highest BCUT2D eigenvalue weighted by atomic mass is 32.2. The first kappa shape index (κ1) is 8.40. The normalized spacial score (nSPS) is 14.8. The molecule has 1 nitrogen and oxygen atoms in total. The van der Waals surface area contributed by atoms with Crippen LogP contribution in [0.25, 0.3) is 0 Å². The van der Waals surface area contributed by atoms with Gasteiger partial charge >= 0.3 is 0 Å². The molecule has 2 heteroatoms. The van der Waals surface area contributed by atoms with E-state index in [4.69, 9.17) is 6.42 Å². The average Bonchev–Trinajstić information content (AvgIpc) is 2.17. The molecule has 0 atom stereocenters. The largest absolute Gasteiger partial charge is 0.287 e. The third-order valence-corrected chi connectivity index (χ3v) is 3.10. The molecule has 13 heavy (non-hydrogen) atoms. The van der Waals surface area contributed by atoms with E-state index in [9.17, 15) is 4.79 Å². The van der Waals surface area contributed by atoms with E-state index in [-0.39, 0.29) is 5.12 Å². The predicted molar refractivity (Wildman–Crippen MR) is 53.6 cm³/mol. The molecule has 0 amide bonds. The molecule has 0 N–H and O–H groups in total. The van der Waals surface area contributed by atoms with Crippen LogP contribution in [0.5, 0.6) is 0 Å². The second kappa shape index (κ2) is 3.27.